The zero-order valence-corrected chi connectivity index (χ0v) is 22.1. The maximum atomic E-state index is 12.6. The summed E-state index contributed by atoms with van der Waals surface area (Å²) in [7, 11) is 0. The van der Waals surface area contributed by atoms with Gasteiger partial charge in [0.2, 0.25) is 0 Å². The van der Waals surface area contributed by atoms with Gasteiger partial charge < -0.3 is 19.5 Å². The number of thiophene rings is 1. The summed E-state index contributed by atoms with van der Waals surface area (Å²) in [6, 6.07) is 24.8. The zero-order chi connectivity index (χ0) is 27.8. The van der Waals surface area contributed by atoms with Crippen molar-refractivity contribution in [3.63, 3.8) is 0 Å². The Hall–Kier alpha value is -4.76. The Balaban J connectivity index is 1.38. The molecule has 39 heavy (non-hydrogen) atoms. The summed E-state index contributed by atoms with van der Waals surface area (Å²) < 4.78 is 15.4. The number of ether oxygens (including phenoxy) is 3. The lowest BCUT2D eigenvalue weighted by molar-refractivity contribution is -0.131. The van der Waals surface area contributed by atoms with Crippen molar-refractivity contribution >= 4 is 40.2 Å². The third kappa shape index (κ3) is 7.18. The minimum atomic E-state index is -0.663. The molecule has 0 bridgehead atoms. The Kier molecular flexibility index (Phi) is 8.86. The van der Waals surface area contributed by atoms with Crippen molar-refractivity contribution in [2.24, 2.45) is 0 Å². The lowest BCUT2D eigenvalue weighted by Gasteiger charge is -2.08. The van der Waals surface area contributed by atoms with Gasteiger partial charge in [0, 0.05) is 11.8 Å². The van der Waals surface area contributed by atoms with Gasteiger partial charge in [-0.2, -0.15) is 0 Å². The minimum absolute atomic E-state index is 0.193. The van der Waals surface area contributed by atoms with E-state index in [1.165, 1.54) is 18.3 Å². The smallest absolute Gasteiger partial charge is 0.341 e. The molecule has 0 fully saturated rings. The molecule has 0 radical (unpaired) electrons. The highest BCUT2D eigenvalue weighted by atomic mass is 32.1. The average molecular weight is 544 g/mol. The lowest BCUT2D eigenvalue weighted by atomic mass is 10.0. The van der Waals surface area contributed by atoms with Gasteiger partial charge in [-0.3, -0.25) is 9.59 Å². The van der Waals surface area contributed by atoms with Crippen LogP contribution >= 0.6 is 11.3 Å². The number of amides is 1. The van der Waals surface area contributed by atoms with Crippen LogP contribution in [0.1, 0.15) is 34.6 Å². The van der Waals surface area contributed by atoms with E-state index in [9.17, 15) is 19.2 Å². The summed E-state index contributed by atoms with van der Waals surface area (Å²) >= 11 is 1.23. The molecule has 1 heterocycles. The summed E-state index contributed by atoms with van der Waals surface area (Å²) in [5.74, 6) is -1.75. The summed E-state index contributed by atoms with van der Waals surface area (Å²) in [5, 5.41) is 2.98. The molecule has 8 nitrogen and oxygen atoms in total. The highest BCUT2D eigenvalue weighted by Gasteiger charge is 2.20. The number of carbonyl (C=O) groups is 4. The first kappa shape index (κ1) is 27.3. The minimum Gasteiger partial charge on any atom is -0.462 e. The van der Waals surface area contributed by atoms with Gasteiger partial charge in [0.15, 0.2) is 6.61 Å². The van der Waals surface area contributed by atoms with Crippen LogP contribution in [-0.2, 0) is 19.1 Å². The fourth-order valence-electron chi connectivity index (χ4n) is 3.65. The van der Waals surface area contributed by atoms with Gasteiger partial charge in [0.1, 0.15) is 10.8 Å². The summed E-state index contributed by atoms with van der Waals surface area (Å²) in [6.07, 6.45) is 0. The SMILES string of the molecule is CCOC(=O)c1cc(-c2ccccc2)sc1NC(=O)COC(=O)c1ccc(-c2ccc(OC(C)=O)cc2)cc1. The first-order valence-electron chi connectivity index (χ1n) is 12.1. The molecule has 0 saturated carbocycles. The molecule has 0 unspecified atom stereocenters. The molecule has 0 atom stereocenters. The Morgan fingerprint density at radius 1 is 0.769 bits per heavy atom. The molecule has 4 aromatic rings. The molecule has 1 amide bonds. The Bertz CT molecular complexity index is 1480. The van der Waals surface area contributed by atoms with Crippen molar-refractivity contribution in [3.05, 3.63) is 96.1 Å². The van der Waals surface area contributed by atoms with E-state index in [0.29, 0.717) is 10.8 Å². The van der Waals surface area contributed by atoms with Crippen molar-refractivity contribution in [2.75, 3.05) is 18.5 Å². The Morgan fingerprint density at radius 2 is 1.41 bits per heavy atom. The molecule has 3 aromatic carbocycles. The predicted octanol–water partition coefficient (Wildman–Crippen LogP) is 5.98. The van der Waals surface area contributed by atoms with Crippen LogP contribution in [0.2, 0.25) is 0 Å². The van der Waals surface area contributed by atoms with Crippen LogP contribution in [0.25, 0.3) is 21.6 Å². The molecule has 0 spiro atoms. The second-order valence-corrected chi connectivity index (χ2v) is 9.31. The topological polar surface area (TPSA) is 108 Å². The van der Waals surface area contributed by atoms with Gasteiger partial charge in [-0.15, -0.1) is 11.3 Å². The maximum Gasteiger partial charge on any atom is 0.341 e. The molecule has 1 N–H and O–H groups in total. The number of carbonyl (C=O) groups excluding carboxylic acids is 4. The number of nitrogens with one attached hydrogen (secondary N) is 1. The highest BCUT2D eigenvalue weighted by Crippen LogP contribution is 2.36. The highest BCUT2D eigenvalue weighted by molar-refractivity contribution is 7.20. The second kappa shape index (κ2) is 12.7. The summed E-state index contributed by atoms with van der Waals surface area (Å²) in [4.78, 5) is 49.4. The van der Waals surface area contributed by atoms with Gasteiger partial charge in [-0.05, 0) is 53.9 Å². The number of esters is 3. The molecule has 1 aromatic heterocycles. The van der Waals surface area contributed by atoms with Gasteiger partial charge in [-0.1, -0.05) is 54.6 Å². The molecule has 0 aliphatic rings. The summed E-state index contributed by atoms with van der Waals surface area (Å²) in [5.41, 5.74) is 3.11. The van der Waals surface area contributed by atoms with Crippen LogP contribution in [0.15, 0.2) is 84.9 Å². The van der Waals surface area contributed by atoms with Gasteiger partial charge in [-0.25, -0.2) is 9.59 Å². The molecule has 9 heteroatoms. The predicted molar refractivity (Wildman–Crippen MR) is 148 cm³/mol. The zero-order valence-electron chi connectivity index (χ0n) is 21.3. The number of benzene rings is 3. The monoisotopic (exact) mass is 543 g/mol. The van der Waals surface area contributed by atoms with E-state index in [4.69, 9.17) is 14.2 Å². The van der Waals surface area contributed by atoms with Crippen molar-refractivity contribution in [1.29, 1.82) is 0 Å². The second-order valence-electron chi connectivity index (χ2n) is 8.26. The lowest BCUT2D eigenvalue weighted by Crippen LogP contribution is -2.21. The Morgan fingerprint density at radius 3 is 2.03 bits per heavy atom. The molecule has 198 valence electrons. The van der Waals surface area contributed by atoms with E-state index >= 15 is 0 Å². The van der Waals surface area contributed by atoms with E-state index in [0.717, 1.165) is 21.6 Å². The number of hydrogen-bond donors (Lipinski definition) is 1. The fraction of sp³-hybridized carbons (Fsp3) is 0.133. The first-order chi connectivity index (χ1) is 18.8. The molecular weight excluding hydrogens is 518 g/mol. The van der Waals surface area contributed by atoms with Gasteiger partial charge in [0.25, 0.3) is 5.91 Å². The third-order valence-electron chi connectivity index (χ3n) is 5.44. The van der Waals surface area contributed by atoms with E-state index in [1.807, 2.05) is 30.3 Å². The van der Waals surface area contributed by atoms with Crippen LogP contribution in [0.3, 0.4) is 0 Å². The summed E-state index contributed by atoms with van der Waals surface area (Å²) in [6.45, 7) is 2.70. The molecule has 4 rings (SSSR count). The molecule has 0 aliphatic carbocycles. The largest absolute Gasteiger partial charge is 0.462 e. The van der Waals surface area contributed by atoms with Gasteiger partial charge in [0.05, 0.1) is 17.7 Å². The third-order valence-corrected chi connectivity index (χ3v) is 6.54. The quantitative estimate of drug-likeness (QED) is 0.204. The van der Waals surface area contributed by atoms with Crippen LogP contribution in [0, 0.1) is 0 Å². The van der Waals surface area contributed by atoms with Crippen LogP contribution < -0.4 is 10.1 Å². The van der Waals surface area contributed by atoms with E-state index in [-0.39, 0.29) is 17.7 Å². The van der Waals surface area contributed by atoms with Gasteiger partial charge >= 0.3 is 17.9 Å². The van der Waals surface area contributed by atoms with Crippen LogP contribution in [0.4, 0.5) is 5.00 Å². The Labute approximate surface area is 229 Å². The average Bonchev–Trinajstić information content (AvgIpc) is 3.36. The van der Waals surface area contributed by atoms with E-state index in [2.05, 4.69) is 5.32 Å². The van der Waals surface area contributed by atoms with E-state index < -0.39 is 30.4 Å². The molecule has 0 aliphatic heterocycles. The number of rotatable bonds is 9. The number of hydrogen-bond acceptors (Lipinski definition) is 8. The van der Waals surface area contributed by atoms with Crippen molar-refractivity contribution in [1.82, 2.24) is 0 Å². The van der Waals surface area contributed by atoms with Crippen molar-refractivity contribution < 1.29 is 33.4 Å². The normalized spacial score (nSPS) is 10.4. The van der Waals surface area contributed by atoms with Crippen LogP contribution in [0.5, 0.6) is 5.75 Å². The number of anilines is 1. The van der Waals surface area contributed by atoms with Crippen molar-refractivity contribution in [3.8, 4) is 27.3 Å². The van der Waals surface area contributed by atoms with E-state index in [1.54, 1.807) is 61.5 Å². The first-order valence-corrected chi connectivity index (χ1v) is 12.9. The van der Waals surface area contributed by atoms with Crippen LogP contribution in [-0.4, -0.2) is 37.0 Å². The molecule has 0 saturated heterocycles. The molecular formula is C30H25NO7S. The maximum absolute atomic E-state index is 12.6. The van der Waals surface area contributed by atoms with Crippen molar-refractivity contribution in [2.45, 2.75) is 13.8 Å². The standard InChI is InChI=1S/C30H25NO7S/c1-3-36-30(35)25-17-26(22-7-5-4-6-8-22)39-28(25)31-27(33)18-37-29(34)23-11-9-20(10-12-23)21-13-15-24(16-14-21)38-19(2)32/h4-17H,3,18H2,1-2H3,(H,31,33). The fourth-order valence-corrected chi connectivity index (χ4v) is 4.71.